The highest BCUT2D eigenvalue weighted by Gasteiger charge is 2.04. The molecule has 0 bridgehead atoms. The van der Waals surface area contributed by atoms with Crippen molar-refractivity contribution in [3.63, 3.8) is 0 Å². The average molecular weight is 252 g/mol. The van der Waals surface area contributed by atoms with Gasteiger partial charge in [0.1, 0.15) is 5.75 Å². The van der Waals surface area contributed by atoms with E-state index in [0.29, 0.717) is 18.4 Å². The van der Waals surface area contributed by atoms with Crippen LogP contribution in [0.15, 0.2) is 24.3 Å². The predicted molar refractivity (Wildman–Crippen MR) is 71.0 cm³/mol. The lowest BCUT2D eigenvalue weighted by Gasteiger charge is -2.11. The number of benzene rings is 1. The SMILES string of the molecule is CC[C@@H](C)NCCCOc1ccc([N+](=O)[O-])cc1. The number of nitrogens with zero attached hydrogens (tertiary/aromatic N) is 1. The van der Waals surface area contributed by atoms with Crippen LogP contribution < -0.4 is 10.1 Å². The van der Waals surface area contributed by atoms with Crippen molar-refractivity contribution in [2.24, 2.45) is 0 Å². The number of ether oxygens (including phenoxy) is 1. The molecule has 1 rings (SSSR count). The van der Waals surface area contributed by atoms with Crippen molar-refractivity contribution in [2.45, 2.75) is 32.7 Å². The van der Waals surface area contributed by atoms with Gasteiger partial charge in [-0.15, -0.1) is 0 Å². The van der Waals surface area contributed by atoms with Crippen LogP contribution in [0.25, 0.3) is 0 Å². The second-order valence-electron chi connectivity index (χ2n) is 4.22. The maximum absolute atomic E-state index is 10.5. The number of non-ortho nitro benzene ring substituents is 1. The van der Waals surface area contributed by atoms with Crippen molar-refractivity contribution in [3.05, 3.63) is 34.4 Å². The molecule has 0 aliphatic rings. The van der Waals surface area contributed by atoms with Crippen LogP contribution in [0.4, 0.5) is 5.69 Å². The first-order valence-electron chi connectivity index (χ1n) is 6.24. The molecule has 1 aromatic carbocycles. The normalized spacial score (nSPS) is 12.1. The van der Waals surface area contributed by atoms with Gasteiger partial charge in [0.25, 0.3) is 5.69 Å². The second-order valence-corrected chi connectivity index (χ2v) is 4.22. The first kappa shape index (κ1) is 14.4. The third kappa shape index (κ3) is 5.14. The number of rotatable bonds is 8. The maximum Gasteiger partial charge on any atom is 0.269 e. The average Bonchev–Trinajstić information content (AvgIpc) is 2.38. The maximum atomic E-state index is 10.5. The highest BCUT2D eigenvalue weighted by molar-refractivity contribution is 5.35. The monoisotopic (exact) mass is 252 g/mol. The summed E-state index contributed by atoms with van der Waals surface area (Å²) in [6, 6.07) is 6.68. The summed E-state index contributed by atoms with van der Waals surface area (Å²) < 4.78 is 5.49. The molecular formula is C13H20N2O3. The van der Waals surface area contributed by atoms with Crippen LogP contribution in [-0.2, 0) is 0 Å². The van der Waals surface area contributed by atoms with Crippen LogP contribution in [-0.4, -0.2) is 24.1 Å². The molecule has 0 saturated carbocycles. The standard InChI is InChI=1S/C13H20N2O3/c1-3-11(2)14-9-4-10-18-13-7-5-12(6-8-13)15(16)17/h5-8,11,14H,3-4,9-10H2,1-2H3/t11-/m1/s1. The summed E-state index contributed by atoms with van der Waals surface area (Å²) in [5.41, 5.74) is 0.0841. The minimum Gasteiger partial charge on any atom is -0.494 e. The van der Waals surface area contributed by atoms with Crippen molar-refractivity contribution in [3.8, 4) is 5.75 Å². The summed E-state index contributed by atoms with van der Waals surface area (Å²) >= 11 is 0. The highest BCUT2D eigenvalue weighted by atomic mass is 16.6. The van der Waals surface area contributed by atoms with Crippen molar-refractivity contribution < 1.29 is 9.66 Å². The van der Waals surface area contributed by atoms with E-state index in [-0.39, 0.29) is 5.69 Å². The molecule has 18 heavy (non-hydrogen) atoms. The van der Waals surface area contributed by atoms with Gasteiger partial charge < -0.3 is 10.1 Å². The molecule has 0 amide bonds. The van der Waals surface area contributed by atoms with Gasteiger partial charge in [-0.25, -0.2) is 0 Å². The molecule has 5 heteroatoms. The van der Waals surface area contributed by atoms with Crippen LogP contribution in [0, 0.1) is 10.1 Å². The zero-order valence-electron chi connectivity index (χ0n) is 10.9. The Balaban J connectivity index is 2.21. The molecule has 0 unspecified atom stereocenters. The van der Waals surface area contributed by atoms with Crippen LogP contribution in [0.2, 0.25) is 0 Å². The van der Waals surface area contributed by atoms with Gasteiger partial charge in [0.2, 0.25) is 0 Å². The smallest absolute Gasteiger partial charge is 0.269 e. The lowest BCUT2D eigenvalue weighted by atomic mass is 10.2. The van der Waals surface area contributed by atoms with Gasteiger partial charge in [0.15, 0.2) is 0 Å². The van der Waals surface area contributed by atoms with Crippen LogP contribution in [0.1, 0.15) is 26.7 Å². The summed E-state index contributed by atoms with van der Waals surface area (Å²) in [4.78, 5) is 10.0. The van der Waals surface area contributed by atoms with Crippen molar-refractivity contribution in [1.29, 1.82) is 0 Å². The first-order valence-corrected chi connectivity index (χ1v) is 6.24. The van der Waals surface area contributed by atoms with Crippen LogP contribution in [0.3, 0.4) is 0 Å². The fourth-order valence-corrected chi connectivity index (χ4v) is 1.42. The number of nitrogens with one attached hydrogen (secondary N) is 1. The van der Waals surface area contributed by atoms with E-state index in [1.165, 1.54) is 12.1 Å². The molecule has 0 heterocycles. The first-order chi connectivity index (χ1) is 8.63. The third-order valence-electron chi connectivity index (χ3n) is 2.74. The zero-order chi connectivity index (χ0) is 13.4. The Labute approximate surface area is 107 Å². The minimum absolute atomic E-state index is 0.0841. The summed E-state index contributed by atoms with van der Waals surface area (Å²) in [5, 5.41) is 13.8. The van der Waals surface area contributed by atoms with Gasteiger partial charge in [0, 0.05) is 18.2 Å². The number of hydrogen-bond donors (Lipinski definition) is 1. The Morgan fingerprint density at radius 3 is 2.61 bits per heavy atom. The van der Waals surface area contributed by atoms with E-state index in [2.05, 4.69) is 19.2 Å². The van der Waals surface area contributed by atoms with E-state index in [0.717, 1.165) is 19.4 Å². The lowest BCUT2D eigenvalue weighted by Crippen LogP contribution is -2.27. The fraction of sp³-hybridized carbons (Fsp3) is 0.538. The molecule has 1 aromatic rings. The van der Waals surface area contributed by atoms with Crippen molar-refractivity contribution in [1.82, 2.24) is 5.32 Å². The van der Waals surface area contributed by atoms with Crippen LogP contribution in [0.5, 0.6) is 5.75 Å². The Morgan fingerprint density at radius 2 is 2.06 bits per heavy atom. The van der Waals surface area contributed by atoms with E-state index >= 15 is 0 Å². The topological polar surface area (TPSA) is 64.4 Å². The molecule has 100 valence electrons. The third-order valence-corrected chi connectivity index (χ3v) is 2.74. The molecule has 1 N–H and O–H groups in total. The summed E-state index contributed by atoms with van der Waals surface area (Å²) in [6.07, 6.45) is 2.03. The van der Waals surface area contributed by atoms with Gasteiger partial charge in [-0.2, -0.15) is 0 Å². The van der Waals surface area contributed by atoms with Crippen molar-refractivity contribution >= 4 is 5.69 Å². The van der Waals surface area contributed by atoms with E-state index in [9.17, 15) is 10.1 Å². The molecule has 0 saturated heterocycles. The molecule has 0 aliphatic heterocycles. The largest absolute Gasteiger partial charge is 0.494 e. The van der Waals surface area contributed by atoms with E-state index < -0.39 is 4.92 Å². The summed E-state index contributed by atoms with van der Waals surface area (Å²) in [5.74, 6) is 0.670. The molecule has 1 atom stereocenters. The minimum atomic E-state index is -0.417. The van der Waals surface area contributed by atoms with Gasteiger partial charge in [-0.1, -0.05) is 6.92 Å². The Morgan fingerprint density at radius 1 is 1.39 bits per heavy atom. The Hall–Kier alpha value is -1.62. The molecule has 0 spiro atoms. The zero-order valence-corrected chi connectivity index (χ0v) is 10.9. The van der Waals surface area contributed by atoms with Gasteiger partial charge >= 0.3 is 0 Å². The highest BCUT2D eigenvalue weighted by Crippen LogP contribution is 2.17. The summed E-state index contributed by atoms with van der Waals surface area (Å²) in [6.45, 7) is 5.82. The molecule has 0 aromatic heterocycles. The molecule has 0 fully saturated rings. The van der Waals surface area contributed by atoms with Crippen molar-refractivity contribution in [2.75, 3.05) is 13.2 Å². The van der Waals surface area contributed by atoms with E-state index in [4.69, 9.17) is 4.74 Å². The van der Waals surface area contributed by atoms with E-state index in [1.54, 1.807) is 12.1 Å². The molecule has 5 nitrogen and oxygen atoms in total. The van der Waals surface area contributed by atoms with E-state index in [1.807, 2.05) is 0 Å². The number of hydrogen-bond acceptors (Lipinski definition) is 4. The quantitative estimate of drug-likeness (QED) is 0.439. The number of nitro benzene ring substituents is 1. The molecule has 0 aliphatic carbocycles. The number of nitro groups is 1. The van der Waals surface area contributed by atoms with Crippen LogP contribution >= 0.6 is 0 Å². The second kappa shape index (κ2) is 7.66. The Kier molecular flexibility index (Phi) is 6.14. The summed E-state index contributed by atoms with van der Waals surface area (Å²) in [7, 11) is 0. The van der Waals surface area contributed by atoms with Gasteiger partial charge in [-0.05, 0) is 38.4 Å². The lowest BCUT2D eigenvalue weighted by molar-refractivity contribution is -0.384. The van der Waals surface area contributed by atoms with Gasteiger partial charge in [-0.3, -0.25) is 10.1 Å². The van der Waals surface area contributed by atoms with Gasteiger partial charge in [0.05, 0.1) is 11.5 Å². The predicted octanol–water partition coefficient (Wildman–Crippen LogP) is 2.75. The Bertz CT molecular complexity index is 365. The molecule has 0 radical (unpaired) electrons. The molecular weight excluding hydrogens is 232 g/mol. The fourth-order valence-electron chi connectivity index (χ4n) is 1.42.